The lowest BCUT2D eigenvalue weighted by Crippen LogP contribution is -2.24. The van der Waals surface area contributed by atoms with Crippen molar-refractivity contribution in [2.75, 3.05) is 20.2 Å². The maximum Gasteiger partial charge on any atom is 0.240 e. The fraction of sp³-hybridized carbons (Fsp3) is 0.500. The summed E-state index contributed by atoms with van der Waals surface area (Å²) < 4.78 is 10.9. The molecule has 0 amide bonds. The molecule has 0 fully saturated rings. The largest absolute Gasteiger partial charge is 0.492 e. The van der Waals surface area contributed by atoms with E-state index in [9.17, 15) is 0 Å². The van der Waals surface area contributed by atoms with Gasteiger partial charge in [0.25, 0.3) is 0 Å². The zero-order valence-electron chi connectivity index (χ0n) is 13.0. The van der Waals surface area contributed by atoms with E-state index in [1.54, 1.807) is 0 Å². The number of benzene rings is 1. The van der Waals surface area contributed by atoms with E-state index < -0.39 is 0 Å². The maximum atomic E-state index is 5.70. The van der Waals surface area contributed by atoms with Crippen molar-refractivity contribution in [3.05, 3.63) is 41.5 Å². The molecule has 0 bridgehead atoms. The van der Waals surface area contributed by atoms with E-state index in [1.807, 2.05) is 31.3 Å². The minimum atomic E-state index is 0.634. The van der Waals surface area contributed by atoms with E-state index >= 15 is 0 Å². The summed E-state index contributed by atoms with van der Waals surface area (Å²) in [4.78, 5) is 6.46. The van der Waals surface area contributed by atoms with E-state index in [4.69, 9.17) is 9.26 Å². The summed E-state index contributed by atoms with van der Waals surface area (Å²) in [6.07, 6.45) is 1.89. The van der Waals surface area contributed by atoms with Gasteiger partial charge in [-0.15, -0.1) is 0 Å². The molecular formula is C16H23N3O2. The number of likely N-dealkylation sites (N-methyl/N-ethyl adjacent to an activating group) is 1. The van der Waals surface area contributed by atoms with Crippen molar-refractivity contribution in [2.24, 2.45) is 0 Å². The van der Waals surface area contributed by atoms with E-state index in [1.165, 1.54) is 5.56 Å². The average Bonchev–Trinajstić information content (AvgIpc) is 2.89. The van der Waals surface area contributed by atoms with E-state index in [-0.39, 0.29) is 0 Å². The number of aromatic nitrogens is 2. The molecule has 0 saturated heterocycles. The van der Waals surface area contributed by atoms with Crippen molar-refractivity contribution in [3.8, 4) is 5.75 Å². The Kier molecular flexibility index (Phi) is 5.75. The first kappa shape index (κ1) is 15.5. The van der Waals surface area contributed by atoms with Gasteiger partial charge in [0, 0.05) is 13.0 Å². The molecule has 5 heteroatoms. The van der Waals surface area contributed by atoms with Gasteiger partial charge in [-0.25, -0.2) is 0 Å². The van der Waals surface area contributed by atoms with Crippen molar-refractivity contribution in [3.63, 3.8) is 0 Å². The third-order valence-electron chi connectivity index (χ3n) is 3.15. The minimum Gasteiger partial charge on any atom is -0.492 e. The molecule has 5 nitrogen and oxygen atoms in total. The predicted molar refractivity (Wildman–Crippen MR) is 81.3 cm³/mol. The molecule has 0 saturated carbocycles. The van der Waals surface area contributed by atoms with Gasteiger partial charge in [-0.2, -0.15) is 4.98 Å². The quantitative estimate of drug-likeness (QED) is 0.748. The summed E-state index contributed by atoms with van der Waals surface area (Å²) >= 11 is 0. The van der Waals surface area contributed by atoms with Crippen molar-refractivity contribution >= 4 is 0 Å². The van der Waals surface area contributed by atoms with Gasteiger partial charge in [0.05, 0.1) is 6.54 Å². The summed E-state index contributed by atoms with van der Waals surface area (Å²) in [7, 11) is 2.02. The van der Waals surface area contributed by atoms with E-state index in [2.05, 4.69) is 28.9 Å². The van der Waals surface area contributed by atoms with Crippen LogP contribution in [-0.4, -0.2) is 35.2 Å². The van der Waals surface area contributed by atoms with E-state index in [0.717, 1.165) is 31.0 Å². The van der Waals surface area contributed by atoms with Gasteiger partial charge in [0.1, 0.15) is 12.4 Å². The molecule has 0 N–H and O–H groups in total. The molecule has 1 heterocycles. The highest BCUT2D eigenvalue weighted by atomic mass is 16.5. The van der Waals surface area contributed by atoms with Crippen LogP contribution in [0.1, 0.15) is 30.6 Å². The summed E-state index contributed by atoms with van der Waals surface area (Å²) in [6, 6.07) is 8.08. The summed E-state index contributed by atoms with van der Waals surface area (Å²) in [5.74, 6) is 2.35. The highest BCUT2D eigenvalue weighted by Gasteiger charge is 2.08. The van der Waals surface area contributed by atoms with Crippen LogP contribution in [0.2, 0.25) is 0 Å². The second kappa shape index (κ2) is 7.78. The Morgan fingerprint density at radius 3 is 2.71 bits per heavy atom. The van der Waals surface area contributed by atoms with Crippen LogP contribution < -0.4 is 4.74 Å². The lowest BCUT2D eigenvalue weighted by Gasteiger charge is -2.14. The molecule has 0 radical (unpaired) electrons. The van der Waals surface area contributed by atoms with Crippen LogP contribution in [0, 0.1) is 6.92 Å². The molecule has 0 aliphatic carbocycles. The first-order valence-corrected chi connectivity index (χ1v) is 7.37. The van der Waals surface area contributed by atoms with Crippen molar-refractivity contribution in [1.82, 2.24) is 15.0 Å². The van der Waals surface area contributed by atoms with Crippen molar-refractivity contribution < 1.29 is 9.26 Å². The molecule has 21 heavy (non-hydrogen) atoms. The first-order chi connectivity index (χ1) is 10.2. The van der Waals surface area contributed by atoms with Gasteiger partial charge in [-0.1, -0.05) is 29.8 Å². The molecule has 0 spiro atoms. The molecule has 0 aliphatic heterocycles. The summed E-state index contributed by atoms with van der Waals surface area (Å²) in [6.45, 7) is 6.25. The second-order valence-electron chi connectivity index (χ2n) is 5.25. The summed E-state index contributed by atoms with van der Waals surface area (Å²) in [5.41, 5.74) is 1.23. The Labute approximate surface area is 125 Å². The molecule has 1 aromatic carbocycles. The standard InChI is InChI=1S/C16H23N3O2/c1-4-5-15-17-16(21-18-15)12-19(3)10-11-20-14-8-6-13(2)7-9-14/h6-9H,4-5,10-12H2,1-3H3. The van der Waals surface area contributed by atoms with Crippen LogP contribution in [0.25, 0.3) is 0 Å². The predicted octanol–water partition coefficient (Wildman–Crippen LogP) is 2.84. The van der Waals surface area contributed by atoms with Gasteiger partial charge < -0.3 is 9.26 Å². The van der Waals surface area contributed by atoms with Crippen LogP contribution in [0.5, 0.6) is 5.75 Å². The average molecular weight is 289 g/mol. The molecule has 0 unspecified atom stereocenters. The Hall–Kier alpha value is -1.88. The first-order valence-electron chi connectivity index (χ1n) is 7.37. The van der Waals surface area contributed by atoms with Crippen LogP contribution in [0.15, 0.2) is 28.8 Å². The van der Waals surface area contributed by atoms with Gasteiger partial charge in [0.15, 0.2) is 5.82 Å². The van der Waals surface area contributed by atoms with Crippen molar-refractivity contribution in [2.45, 2.75) is 33.2 Å². The zero-order chi connectivity index (χ0) is 15.1. The number of nitrogens with zero attached hydrogens (tertiary/aromatic N) is 3. The molecule has 0 aliphatic rings. The van der Waals surface area contributed by atoms with E-state index in [0.29, 0.717) is 19.0 Å². The molecule has 114 valence electrons. The fourth-order valence-electron chi connectivity index (χ4n) is 1.94. The normalized spacial score (nSPS) is 11.0. The van der Waals surface area contributed by atoms with Crippen molar-refractivity contribution in [1.29, 1.82) is 0 Å². The topological polar surface area (TPSA) is 51.4 Å². The van der Waals surface area contributed by atoms with Gasteiger partial charge >= 0.3 is 0 Å². The third-order valence-corrected chi connectivity index (χ3v) is 3.15. The Morgan fingerprint density at radius 2 is 2.00 bits per heavy atom. The maximum absolute atomic E-state index is 5.70. The summed E-state index contributed by atoms with van der Waals surface area (Å²) in [5, 5.41) is 3.95. The zero-order valence-corrected chi connectivity index (χ0v) is 13.0. The van der Waals surface area contributed by atoms with Crippen LogP contribution in [-0.2, 0) is 13.0 Å². The lowest BCUT2D eigenvalue weighted by molar-refractivity contribution is 0.212. The Bertz CT molecular complexity index is 537. The van der Waals surface area contributed by atoms with Gasteiger partial charge in [0.2, 0.25) is 5.89 Å². The third kappa shape index (κ3) is 5.19. The minimum absolute atomic E-state index is 0.634. The SMILES string of the molecule is CCCc1noc(CN(C)CCOc2ccc(C)cc2)n1. The highest BCUT2D eigenvalue weighted by molar-refractivity contribution is 5.26. The monoisotopic (exact) mass is 289 g/mol. The molecule has 2 aromatic rings. The van der Waals surface area contributed by atoms with Gasteiger partial charge in [-0.3, -0.25) is 4.90 Å². The number of ether oxygens (including phenoxy) is 1. The van der Waals surface area contributed by atoms with Crippen LogP contribution in [0.3, 0.4) is 0 Å². The van der Waals surface area contributed by atoms with Gasteiger partial charge in [-0.05, 0) is 32.5 Å². The number of hydrogen-bond donors (Lipinski definition) is 0. The molecular weight excluding hydrogens is 266 g/mol. The number of aryl methyl sites for hydroxylation is 2. The molecule has 2 rings (SSSR count). The highest BCUT2D eigenvalue weighted by Crippen LogP contribution is 2.11. The fourth-order valence-corrected chi connectivity index (χ4v) is 1.94. The van der Waals surface area contributed by atoms with Crippen LogP contribution >= 0.6 is 0 Å². The second-order valence-corrected chi connectivity index (χ2v) is 5.25. The Morgan fingerprint density at radius 1 is 1.24 bits per heavy atom. The number of hydrogen-bond acceptors (Lipinski definition) is 5. The smallest absolute Gasteiger partial charge is 0.240 e. The van der Waals surface area contributed by atoms with Crippen LogP contribution in [0.4, 0.5) is 0 Å². The molecule has 1 aromatic heterocycles. The number of rotatable bonds is 8. The Balaban J connectivity index is 1.71. The lowest BCUT2D eigenvalue weighted by atomic mass is 10.2. The molecule has 0 atom stereocenters.